The molecule has 0 radical (unpaired) electrons. The van der Waals surface area contributed by atoms with Crippen LogP contribution in [-0.4, -0.2) is 82.6 Å². The highest BCUT2D eigenvalue weighted by molar-refractivity contribution is 7.91. The lowest BCUT2D eigenvalue weighted by Gasteiger charge is -2.32. The van der Waals surface area contributed by atoms with E-state index in [-0.39, 0.29) is 10.2 Å². The average Bonchev–Trinajstić information content (AvgIpc) is 3.30. The maximum Gasteiger partial charge on any atom is 0.328 e. The molecule has 0 spiro atoms. The fourth-order valence-corrected chi connectivity index (χ4v) is 6.56. The molecular weight excluding hydrogens is 508 g/mol. The summed E-state index contributed by atoms with van der Waals surface area (Å²) in [6, 6.07) is 17.4. The van der Waals surface area contributed by atoms with Gasteiger partial charge in [-0.3, -0.25) is 4.90 Å². The predicted molar refractivity (Wildman–Crippen MR) is 150 cm³/mol. The summed E-state index contributed by atoms with van der Waals surface area (Å²) < 4.78 is 27.3. The van der Waals surface area contributed by atoms with Crippen LogP contribution >= 0.6 is 11.3 Å². The highest BCUT2D eigenvalue weighted by Gasteiger charge is 2.26. The smallest absolute Gasteiger partial charge is 0.307 e. The van der Waals surface area contributed by atoms with E-state index in [0.29, 0.717) is 23.1 Å². The normalized spacial score (nSPS) is 15.0. The van der Waals surface area contributed by atoms with Crippen molar-refractivity contribution in [1.82, 2.24) is 19.5 Å². The molecule has 0 unspecified atom stereocenters. The Kier molecular flexibility index (Phi) is 8.93. The second-order valence-corrected chi connectivity index (χ2v) is 12.2. The quantitative estimate of drug-likeness (QED) is 0.428. The molecule has 1 saturated heterocycles. The number of thiazole rings is 1. The number of carbonyl (C=O) groups excluding carboxylic acids is 1. The first-order valence-electron chi connectivity index (χ1n) is 12.3. The molecule has 1 aliphatic heterocycles. The fraction of sp³-hybridized carbons (Fsp3) is 0.385. The number of aryl methyl sites for hydroxylation is 1. The molecule has 11 heteroatoms. The molecule has 1 aromatic heterocycles. The van der Waals surface area contributed by atoms with Crippen LogP contribution in [0.3, 0.4) is 0 Å². The number of aromatic nitrogens is 1. The number of urea groups is 1. The number of rotatable bonds is 9. The standard InChI is InChI=1S/C26H34N6O3S2/c1-20-24(37(34,35)27-2)36-26(28-20)32(15-7-14-31-18-16-30(3)17-19-31)25(33)29-23-12-10-22(11-13-23)21-8-5-4-6-9-21/h4-6,8-13,27H,7,14-19H2,1-3H3,(H,29,33). The number of anilines is 2. The van der Waals surface area contributed by atoms with Crippen molar-refractivity contribution in [2.24, 2.45) is 0 Å². The Morgan fingerprint density at radius 1 is 1.03 bits per heavy atom. The van der Waals surface area contributed by atoms with E-state index in [0.717, 1.165) is 61.6 Å². The van der Waals surface area contributed by atoms with Crippen LogP contribution in [0.1, 0.15) is 12.1 Å². The Morgan fingerprint density at radius 2 is 1.68 bits per heavy atom. The number of nitrogens with one attached hydrogen (secondary N) is 2. The SMILES string of the molecule is CNS(=O)(=O)c1sc(N(CCCN2CCN(C)CC2)C(=O)Nc2ccc(-c3ccccc3)cc2)nc1C. The molecular formula is C26H34N6O3S2. The van der Waals surface area contributed by atoms with E-state index >= 15 is 0 Å². The fourth-order valence-electron chi connectivity index (χ4n) is 4.20. The van der Waals surface area contributed by atoms with Crippen molar-refractivity contribution in [1.29, 1.82) is 0 Å². The Bertz CT molecular complexity index is 1290. The average molecular weight is 543 g/mol. The van der Waals surface area contributed by atoms with Crippen LogP contribution in [0.2, 0.25) is 0 Å². The van der Waals surface area contributed by atoms with E-state index in [1.54, 1.807) is 11.8 Å². The summed E-state index contributed by atoms with van der Waals surface area (Å²) in [5.41, 5.74) is 3.19. The minimum atomic E-state index is -3.67. The molecule has 0 atom stereocenters. The van der Waals surface area contributed by atoms with E-state index in [4.69, 9.17) is 0 Å². The second kappa shape index (κ2) is 12.1. The van der Waals surface area contributed by atoms with Gasteiger partial charge in [0.2, 0.25) is 0 Å². The Balaban J connectivity index is 1.50. The van der Waals surface area contributed by atoms with Crippen molar-refractivity contribution in [3.05, 3.63) is 60.3 Å². The van der Waals surface area contributed by atoms with Gasteiger partial charge in [-0.25, -0.2) is 22.9 Å². The molecule has 2 aromatic carbocycles. The Morgan fingerprint density at radius 3 is 2.32 bits per heavy atom. The molecule has 0 bridgehead atoms. The highest BCUT2D eigenvalue weighted by atomic mass is 32.2. The van der Waals surface area contributed by atoms with Gasteiger partial charge in [0.15, 0.2) is 9.34 Å². The lowest BCUT2D eigenvalue weighted by molar-refractivity contribution is 0.153. The summed E-state index contributed by atoms with van der Waals surface area (Å²) >= 11 is 1.01. The lowest BCUT2D eigenvalue weighted by atomic mass is 10.1. The van der Waals surface area contributed by atoms with Crippen LogP contribution in [0.4, 0.5) is 15.6 Å². The third-order valence-corrected chi connectivity index (χ3v) is 9.63. The molecule has 1 aliphatic rings. The van der Waals surface area contributed by atoms with Crippen molar-refractivity contribution < 1.29 is 13.2 Å². The number of likely N-dealkylation sites (N-methyl/N-ethyl adjacent to an activating group) is 1. The molecule has 0 saturated carbocycles. The number of piperazine rings is 1. The van der Waals surface area contributed by atoms with Gasteiger partial charge in [-0.05, 0) is 57.2 Å². The number of carbonyl (C=O) groups is 1. The van der Waals surface area contributed by atoms with Crippen molar-refractivity contribution >= 4 is 38.2 Å². The number of sulfonamides is 1. The third-order valence-electron chi connectivity index (χ3n) is 6.43. The molecule has 1 fully saturated rings. The van der Waals surface area contributed by atoms with Gasteiger partial charge in [-0.2, -0.15) is 0 Å². The topological polar surface area (TPSA) is 97.9 Å². The molecule has 198 valence electrons. The van der Waals surface area contributed by atoms with E-state index in [1.807, 2.05) is 54.6 Å². The van der Waals surface area contributed by atoms with E-state index in [2.05, 4.69) is 31.9 Å². The van der Waals surface area contributed by atoms with Gasteiger partial charge in [0.25, 0.3) is 10.0 Å². The number of hydrogen-bond acceptors (Lipinski definition) is 7. The minimum Gasteiger partial charge on any atom is -0.307 e. The van der Waals surface area contributed by atoms with Crippen molar-refractivity contribution in [3.63, 3.8) is 0 Å². The zero-order valence-corrected chi connectivity index (χ0v) is 23.1. The van der Waals surface area contributed by atoms with Gasteiger partial charge in [0.05, 0.1) is 5.69 Å². The van der Waals surface area contributed by atoms with Crippen LogP contribution < -0.4 is 14.9 Å². The third kappa shape index (κ3) is 6.93. The predicted octanol–water partition coefficient (Wildman–Crippen LogP) is 3.70. The van der Waals surface area contributed by atoms with Crippen LogP contribution in [0, 0.1) is 6.92 Å². The van der Waals surface area contributed by atoms with Gasteiger partial charge in [-0.1, -0.05) is 53.8 Å². The van der Waals surface area contributed by atoms with Crippen LogP contribution in [-0.2, 0) is 10.0 Å². The Labute approximate surface area is 223 Å². The number of hydrogen-bond donors (Lipinski definition) is 2. The molecule has 4 rings (SSSR count). The first kappa shape index (κ1) is 27.2. The van der Waals surface area contributed by atoms with Gasteiger partial charge >= 0.3 is 6.03 Å². The van der Waals surface area contributed by atoms with Crippen molar-refractivity contribution in [2.75, 3.05) is 63.6 Å². The lowest BCUT2D eigenvalue weighted by Crippen LogP contribution is -2.45. The van der Waals surface area contributed by atoms with Crippen LogP contribution in [0.5, 0.6) is 0 Å². The first-order chi connectivity index (χ1) is 17.8. The second-order valence-electron chi connectivity index (χ2n) is 9.10. The molecule has 37 heavy (non-hydrogen) atoms. The maximum absolute atomic E-state index is 13.4. The number of amides is 2. The largest absolute Gasteiger partial charge is 0.328 e. The first-order valence-corrected chi connectivity index (χ1v) is 14.6. The molecule has 0 aliphatic carbocycles. The summed E-state index contributed by atoms with van der Waals surface area (Å²) in [6.45, 7) is 6.98. The summed E-state index contributed by atoms with van der Waals surface area (Å²) in [5, 5.41) is 3.33. The van der Waals surface area contributed by atoms with Crippen LogP contribution in [0.15, 0.2) is 58.8 Å². The summed E-state index contributed by atoms with van der Waals surface area (Å²) in [5.74, 6) is 0. The van der Waals surface area contributed by atoms with Crippen molar-refractivity contribution in [3.8, 4) is 11.1 Å². The summed E-state index contributed by atoms with van der Waals surface area (Å²) in [7, 11) is -0.174. The molecule has 3 aromatic rings. The summed E-state index contributed by atoms with van der Waals surface area (Å²) in [4.78, 5) is 24.1. The number of benzene rings is 2. The zero-order valence-electron chi connectivity index (χ0n) is 21.5. The van der Waals surface area contributed by atoms with Crippen molar-refractivity contribution in [2.45, 2.75) is 17.6 Å². The monoisotopic (exact) mass is 542 g/mol. The van der Waals surface area contributed by atoms with E-state index in [9.17, 15) is 13.2 Å². The molecule has 2 heterocycles. The highest BCUT2D eigenvalue weighted by Crippen LogP contribution is 2.30. The van der Waals surface area contributed by atoms with Gasteiger partial charge in [0, 0.05) is 38.4 Å². The number of nitrogens with zero attached hydrogens (tertiary/aromatic N) is 4. The van der Waals surface area contributed by atoms with Crippen LogP contribution in [0.25, 0.3) is 11.1 Å². The Hall–Kier alpha value is -2.83. The van der Waals surface area contributed by atoms with E-state index in [1.165, 1.54) is 7.05 Å². The summed E-state index contributed by atoms with van der Waals surface area (Å²) in [6.07, 6.45) is 0.747. The minimum absolute atomic E-state index is 0.120. The maximum atomic E-state index is 13.4. The molecule has 2 N–H and O–H groups in total. The molecule has 2 amide bonds. The zero-order chi connectivity index (χ0) is 26.4. The van der Waals surface area contributed by atoms with Gasteiger partial charge in [0.1, 0.15) is 0 Å². The van der Waals surface area contributed by atoms with Gasteiger partial charge < -0.3 is 15.1 Å². The molecule has 9 nitrogen and oxygen atoms in total. The van der Waals surface area contributed by atoms with E-state index < -0.39 is 10.0 Å². The van der Waals surface area contributed by atoms with Gasteiger partial charge in [-0.15, -0.1) is 0 Å².